The number of rotatable bonds is 4. The lowest BCUT2D eigenvalue weighted by atomic mass is 10.1. The molecule has 0 aliphatic rings. The molecule has 0 aliphatic carbocycles. The molecule has 0 aromatic carbocycles. The summed E-state index contributed by atoms with van der Waals surface area (Å²) in [6.07, 6.45) is -0.798. The molecule has 1 heterocycles. The second kappa shape index (κ2) is 6.00. The lowest BCUT2D eigenvalue weighted by molar-refractivity contribution is -0.109. The van der Waals surface area contributed by atoms with Crippen molar-refractivity contribution < 1.29 is 15.0 Å². The molecule has 17 heavy (non-hydrogen) atoms. The van der Waals surface area contributed by atoms with E-state index < -0.39 is 12.2 Å². The van der Waals surface area contributed by atoms with Crippen molar-refractivity contribution in [3.63, 3.8) is 0 Å². The van der Waals surface area contributed by atoms with Gasteiger partial charge in [0.15, 0.2) is 5.12 Å². The van der Waals surface area contributed by atoms with E-state index in [9.17, 15) is 19.8 Å². The number of nitrogens with one attached hydrogen (secondary N) is 1. The molecular weight excluding hydrogens is 242 g/mol. The van der Waals surface area contributed by atoms with E-state index in [0.29, 0.717) is 11.1 Å². The van der Waals surface area contributed by atoms with E-state index in [0.717, 1.165) is 11.8 Å². The number of thioether (sulfide) groups is 1. The fourth-order valence-electron chi connectivity index (χ4n) is 1.31. The highest BCUT2D eigenvalue weighted by molar-refractivity contribution is 8.13. The van der Waals surface area contributed by atoms with E-state index >= 15 is 0 Å². The molecule has 2 atom stereocenters. The molecule has 5 nitrogen and oxygen atoms in total. The monoisotopic (exact) mass is 257 g/mol. The van der Waals surface area contributed by atoms with Crippen LogP contribution in [0.15, 0.2) is 17.1 Å². The van der Waals surface area contributed by atoms with Crippen LogP contribution in [0.1, 0.15) is 24.2 Å². The van der Waals surface area contributed by atoms with Gasteiger partial charge in [-0.05, 0) is 18.6 Å². The number of aliphatic hydroxyl groups is 2. The highest BCUT2D eigenvalue weighted by Gasteiger charge is 2.19. The van der Waals surface area contributed by atoms with E-state index in [1.165, 1.54) is 19.2 Å². The maximum absolute atomic E-state index is 11.1. The van der Waals surface area contributed by atoms with Gasteiger partial charge in [-0.25, -0.2) is 0 Å². The summed E-state index contributed by atoms with van der Waals surface area (Å²) in [6.45, 7) is 3.01. The highest BCUT2D eigenvalue weighted by Crippen LogP contribution is 2.19. The van der Waals surface area contributed by atoms with Gasteiger partial charge in [0.1, 0.15) is 6.10 Å². The summed E-state index contributed by atoms with van der Waals surface area (Å²) >= 11 is 0.949. The van der Waals surface area contributed by atoms with Crippen LogP contribution < -0.4 is 5.56 Å². The number of aryl methyl sites for hydroxylation is 1. The maximum Gasteiger partial charge on any atom is 0.250 e. The molecule has 0 fully saturated rings. The first-order valence-electron chi connectivity index (χ1n) is 5.10. The molecule has 2 unspecified atom stereocenters. The quantitative estimate of drug-likeness (QED) is 0.724. The molecule has 0 amide bonds. The van der Waals surface area contributed by atoms with Gasteiger partial charge in [-0.1, -0.05) is 11.8 Å². The zero-order valence-corrected chi connectivity index (χ0v) is 10.5. The summed E-state index contributed by atoms with van der Waals surface area (Å²) in [7, 11) is 0. The molecule has 3 N–H and O–H groups in total. The van der Waals surface area contributed by atoms with Gasteiger partial charge < -0.3 is 15.2 Å². The Morgan fingerprint density at radius 2 is 2.18 bits per heavy atom. The number of hydrogen-bond donors (Lipinski definition) is 3. The minimum absolute atomic E-state index is 0.117. The van der Waals surface area contributed by atoms with E-state index in [1.54, 1.807) is 6.92 Å². The fourth-order valence-corrected chi connectivity index (χ4v) is 1.89. The van der Waals surface area contributed by atoms with E-state index in [-0.39, 0.29) is 16.4 Å². The predicted octanol–water partition coefficient (Wildman–Crippen LogP) is 0.357. The number of aromatic nitrogens is 1. The number of aromatic amines is 1. The van der Waals surface area contributed by atoms with Gasteiger partial charge >= 0.3 is 0 Å². The van der Waals surface area contributed by atoms with Crippen molar-refractivity contribution in [3.8, 4) is 0 Å². The smallest absolute Gasteiger partial charge is 0.250 e. The van der Waals surface area contributed by atoms with E-state index in [1.807, 2.05) is 0 Å². The molecule has 6 heteroatoms. The molecule has 94 valence electrons. The number of hydrogen-bond acceptors (Lipinski definition) is 5. The Morgan fingerprint density at radius 3 is 2.71 bits per heavy atom. The Labute approximate surface area is 103 Å². The minimum Gasteiger partial charge on any atom is -0.389 e. The summed E-state index contributed by atoms with van der Waals surface area (Å²) in [6, 6.07) is 1.52. The summed E-state index contributed by atoms with van der Waals surface area (Å²) in [5.41, 5.74) is 0.667. The van der Waals surface area contributed by atoms with Gasteiger partial charge in [0.05, 0.1) is 6.10 Å². The van der Waals surface area contributed by atoms with E-state index in [2.05, 4.69) is 4.98 Å². The minimum atomic E-state index is -1.11. The van der Waals surface area contributed by atoms with Crippen LogP contribution in [0.4, 0.5) is 0 Å². The third-order valence-corrected chi connectivity index (χ3v) is 3.19. The van der Waals surface area contributed by atoms with Crippen molar-refractivity contribution in [2.45, 2.75) is 26.1 Å². The number of H-pyrrole nitrogens is 1. The molecule has 1 aromatic heterocycles. The van der Waals surface area contributed by atoms with Crippen LogP contribution in [0.25, 0.3) is 0 Å². The Hall–Kier alpha value is -1.11. The average molecular weight is 257 g/mol. The average Bonchev–Trinajstić information content (AvgIpc) is 2.28. The number of carbonyl (C=O) groups excluding carboxylic acids is 1. The first kappa shape index (κ1) is 14.0. The Kier molecular flexibility index (Phi) is 4.92. The zero-order chi connectivity index (χ0) is 13.0. The maximum atomic E-state index is 11.1. The lowest BCUT2D eigenvalue weighted by Crippen LogP contribution is -2.23. The molecule has 0 saturated heterocycles. The van der Waals surface area contributed by atoms with Crippen molar-refractivity contribution in [1.82, 2.24) is 4.98 Å². The topological polar surface area (TPSA) is 90.4 Å². The third kappa shape index (κ3) is 3.99. The van der Waals surface area contributed by atoms with Gasteiger partial charge in [0, 0.05) is 24.4 Å². The van der Waals surface area contributed by atoms with Gasteiger partial charge in [-0.2, -0.15) is 0 Å². The normalized spacial score (nSPS) is 14.4. The molecule has 0 saturated carbocycles. The molecule has 0 aliphatic heterocycles. The van der Waals surface area contributed by atoms with Gasteiger partial charge in [0.2, 0.25) is 0 Å². The largest absolute Gasteiger partial charge is 0.389 e. The van der Waals surface area contributed by atoms with E-state index in [4.69, 9.17) is 0 Å². The lowest BCUT2D eigenvalue weighted by Gasteiger charge is -2.17. The Bertz CT molecular complexity index is 457. The predicted molar refractivity (Wildman–Crippen MR) is 65.9 cm³/mol. The van der Waals surface area contributed by atoms with Crippen LogP contribution in [0, 0.1) is 6.92 Å². The summed E-state index contributed by atoms with van der Waals surface area (Å²) in [4.78, 5) is 24.3. The Morgan fingerprint density at radius 1 is 1.53 bits per heavy atom. The Balaban J connectivity index is 2.74. The molecule has 0 bridgehead atoms. The second-order valence-electron chi connectivity index (χ2n) is 3.76. The van der Waals surface area contributed by atoms with Crippen LogP contribution >= 0.6 is 11.8 Å². The number of carbonyl (C=O) groups is 1. The van der Waals surface area contributed by atoms with Crippen molar-refractivity contribution >= 4 is 16.9 Å². The standard InChI is InChI=1S/C11H15NO4S/c1-6-3-8(4-12-11(6)16)10(15)9(14)5-17-7(2)13/h3-4,9-10,14-15H,5H2,1-2H3,(H,12,16). The van der Waals surface area contributed by atoms with Crippen LogP contribution in [0.5, 0.6) is 0 Å². The molecule has 0 spiro atoms. The first-order valence-corrected chi connectivity index (χ1v) is 6.09. The van der Waals surface area contributed by atoms with Gasteiger partial charge in [-0.3, -0.25) is 9.59 Å². The van der Waals surface area contributed by atoms with Crippen LogP contribution in [0.2, 0.25) is 0 Å². The third-order valence-electron chi connectivity index (χ3n) is 2.27. The number of pyridine rings is 1. The van der Waals surface area contributed by atoms with Crippen LogP contribution in [0.3, 0.4) is 0 Å². The summed E-state index contributed by atoms with van der Waals surface area (Å²) < 4.78 is 0. The fraction of sp³-hybridized carbons (Fsp3) is 0.455. The zero-order valence-electron chi connectivity index (χ0n) is 9.64. The van der Waals surface area contributed by atoms with Crippen molar-refractivity contribution in [1.29, 1.82) is 0 Å². The van der Waals surface area contributed by atoms with Crippen LogP contribution in [-0.2, 0) is 4.79 Å². The highest BCUT2D eigenvalue weighted by atomic mass is 32.2. The van der Waals surface area contributed by atoms with Gasteiger partial charge in [0.25, 0.3) is 5.56 Å². The SMILES string of the molecule is CC(=O)SCC(O)C(O)c1c[nH]c(=O)c(C)c1. The van der Waals surface area contributed by atoms with Crippen molar-refractivity contribution in [2.24, 2.45) is 0 Å². The number of aliphatic hydroxyl groups excluding tert-OH is 2. The van der Waals surface area contributed by atoms with Crippen molar-refractivity contribution in [3.05, 3.63) is 33.7 Å². The van der Waals surface area contributed by atoms with Crippen LogP contribution in [-0.4, -0.2) is 32.2 Å². The summed E-state index contributed by atoms with van der Waals surface area (Å²) in [5, 5.41) is 19.4. The second-order valence-corrected chi connectivity index (χ2v) is 4.96. The molecule has 1 aromatic rings. The molecule has 0 radical (unpaired) electrons. The summed E-state index contributed by atoms with van der Waals surface area (Å²) in [5.74, 6) is 0.120. The van der Waals surface area contributed by atoms with Gasteiger partial charge in [-0.15, -0.1) is 0 Å². The molecule has 1 rings (SSSR count). The first-order chi connectivity index (χ1) is 7.91. The molecular formula is C11H15NO4S. The van der Waals surface area contributed by atoms with Crippen molar-refractivity contribution in [2.75, 3.05) is 5.75 Å².